The van der Waals surface area contributed by atoms with Crippen LogP contribution in [0.25, 0.3) is 0 Å². The second-order valence-electron chi connectivity index (χ2n) is 4.88. The molecule has 1 unspecified atom stereocenters. The van der Waals surface area contributed by atoms with E-state index in [1.54, 1.807) is 6.26 Å². The molecule has 0 saturated heterocycles. The first-order chi connectivity index (χ1) is 9.06. The topological polar surface area (TPSA) is 62.6 Å². The molecule has 4 heteroatoms. The third-order valence-electron chi connectivity index (χ3n) is 3.19. The lowest BCUT2D eigenvalue weighted by molar-refractivity contribution is 0.123. The first-order valence-corrected chi connectivity index (χ1v) is 6.31. The minimum atomic E-state index is -0.541. The highest BCUT2D eigenvalue weighted by molar-refractivity contribution is 5.41. The monoisotopic (exact) mass is 260 g/mol. The summed E-state index contributed by atoms with van der Waals surface area (Å²) in [6, 6.07) is 9.32. The van der Waals surface area contributed by atoms with Crippen molar-refractivity contribution in [3.63, 3.8) is 0 Å². The molecule has 0 radical (unpaired) electrons. The zero-order valence-electron chi connectivity index (χ0n) is 11.3. The smallest absolute Gasteiger partial charge is 0.105 e. The Morgan fingerprint density at radius 1 is 1.37 bits per heavy atom. The summed E-state index contributed by atoms with van der Waals surface area (Å²) >= 11 is 0. The van der Waals surface area contributed by atoms with Gasteiger partial charge in [0.25, 0.3) is 0 Å². The fraction of sp³-hybridized carbons (Fsp3) is 0.333. The number of nitrogens with zero attached hydrogens (tertiary/aromatic N) is 1. The number of furan rings is 1. The highest BCUT2D eigenvalue weighted by Gasteiger charge is 2.12. The second kappa shape index (κ2) is 5.91. The summed E-state index contributed by atoms with van der Waals surface area (Å²) in [4.78, 5) is 2.06. The summed E-state index contributed by atoms with van der Waals surface area (Å²) < 4.78 is 5.27. The Morgan fingerprint density at radius 3 is 2.79 bits per heavy atom. The van der Waals surface area contributed by atoms with E-state index in [9.17, 15) is 5.11 Å². The van der Waals surface area contributed by atoms with Gasteiger partial charge in [-0.15, -0.1) is 0 Å². The Kier molecular flexibility index (Phi) is 4.24. The Labute approximate surface area is 113 Å². The molecule has 0 fully saturated rings. The first-order valence-electron chi connectivity index (χ1n) is 6.31. The summed E-state index contributed by atoms with van der Waals surface area (Å²) in [7, 11) is 1.97. The number of aryl methyl sites for hydroxylation is 1. The van der Waals surface area contributed by atoms with E-state index in [1.165, 1.54) is 0 Å². The van der Waals surface area contributed by atoms with Crippen molar-refractivity contribution in [2.45, 2.75) is 19.6 Å². The maximum absolute atomic E-state index is 10.2. The predicted octanol–water partition coefficient (Wildman–Crippen LogP) is 2.34. The molecule has 3 N–H and O–H groups in total. The van der Waals surface area contributed by atoms with Crippen LogP contribution in [-0.4, -0.2) is 23.6 Å². The standard InChI is InChI=1S/C15H20N2O2/c1-11-13(6-7-19-11)9-17(2)10-15(18)12-4-3-5-14(16)8-12/h3-8,15,18H,9-10,16H2,1-2H3. The average molecular weight is 260 g/mol. The van der Waals surface area contributed by atoms with Gasteiger partial charge in [0.15, 0.2) is 0 Å². The van der Waals surface area contributed by atoms with Crippen molar-refractivity contribution in [1.82, 2.24) is 4.90 Å². The van der Waals surface area contributed by atoms with Crippen molar-refractivity contribution in [2.75, 3.05) is 19.3 Å². The van der Waals surface area contributed by atoms with E-state index in [2.05, 4.69) is 4.90 Å². The van der Waals surface area contributed by atoms with Gasteiger partial charge in [-0.05, 0) is 37.7 Å². The van der Waals surface area contributed by atoms with Crippen molar-refractivity contribution in [1.29, 1.82) is 0 Å². The van der Waals surface area contributed by atoms with Crippen LogP contribution in [0.15, 0.2) is 41.0 Å². The first kappa shape index (κ1) is 13.6. The number of nitrogen functional groups attached to an aromatic ring is 1. The van der Waals surface area contributed by atoms with Gasteiger partial charge in [0.05, 0.1) is 12.4 Å². The van der Waals surface area contributed by atoms with Crippen LogP contribution in [0.2, 0.25) is 0 Å². The molecular weight excluding hydrogens is 240 g/mol. The number of aliphatic hydroxyl groups excluding tert-OH is 1. The van der Waals surface area contributed by atoms with E-state index in [0.717, 1.165) is 23.4 Å². The Bertz CT molecular complexity index is 536. The molecule has 1 heterocycles. The van der Waals surface area contributed by atoms with Crippen molar-refractivity contribution >= 4 is 5.69 Å². The number of benzene rings is 1. The predicted molar refractivity (Wildman–Crippen MR) is 75.6 cm³/mol. The minimum Gasteiger partial charge on any atom is -0.469 e. The molecule has 102 valence electrons. The lowest BCUT2D eigenvalue weighted by Gasteiger charge is -2.20. The fourth-order valence-corrected chi connectivity index (χ4v) is 2.10. The highest BCUT2D eigenvalue weighted by Crippen LogP contribution is 2.18. The Balaban J connectivity index is 1.95. The van der Waals surface area contributed by atoms with Gasteiger partial charge in [0.2, 0.25) is 0 Å². The Hall–Kier alpha value is -1.78. The van der Waals surface area contributed by atoms with Crippen molar-refractivity contribution in [2.24, 2.45) is 0 Å². The Morgan fingerprint density at radius 2 is 2.16 bits per heavy atom. The number of hydrogen-bond donors (Lipinski definition) is 2. The molecule has 4 nitrogen and oxygen atoms in total. The molecule has 19 heavy (non-hydrogen) atoms. The zero-order chi connectivity index (χ0) is 13.8. The fourth-order valence-electron chi connectivity index (χ4n) is 2.10. The highest BCUT2D eigenvalue weighted by atomic mass is 16.3. The van der Waals surface area contributed by atoms with E-state index in [0.29, 0.717) is 12.2 Å². The van der Waals surface area contributed by atoms with Gasteiger partial charge in [0, 0.05) is 24.3 Å². The normalized spacial score (nSPS) is 12.8. The number of nitrogens with two attached hydrogens (primary N) is 1. The lowest BCUT2D eigenvalue weighted by atomic mass is 10.1. The number of aliphatic hydroxyl groups is 1. The van der Waals surface area contributed by atoms with Crippen LogP contribution >= 0.6 is 0 Å². The molecule has 1 aromatic carbocycles. The second-order valence-corrected chi connectivity index (χ2v) is 4.88. The van der Waals surface area contributed by atoms with Gasteiger partial charge in [-0.25, -0.2) is 0 Å². The maximum atomic E-state index is 10.2. The van der Waals surface area contributed by atoms with Crippen LogP contribution in [0.1, 0.15) is 23.0 Å². The number of hydrogen-bond acceptors (Lipinski definition) is 4. The SMILES string of the molecule is Cc1occc1CN(C)CC(O)c1cccc(N)c1. The van der Waals surface area contributed by atoms with Crippen LogP contribution in [-0.2, 0) is 6.54 Å². The molecule has 0 spiro atoms. The van der Waals surface area contributed by atoms with Gasteiger partial charge < -0.3 is 15.3 Å². The molecule has 0 aliphatic rings. The quantitative estimate of drug-likeness (QED) is 0.810. The van der Waals surface area contributed by atoms with E-state index in [4.69, 9.17) is 10.2 Å². The number of likely N-dealkylation sites (N-methyl/N-ethyl adjacent to an activating group) is 1. The molecule has 0 aliphatic heterocycles. The van der Waals surface area contributed by atoms with E-state index >= 15 is 0 Å². The van der Waals surface area contributed by atoms with Gasteiger partial charge in [-0.2, -0.15) is 0 Å². The molecule has 1 aromatic heterocycles. The van der Waals surface area contributed by atoms with Crippen LogP contribution in [0.5, 0.6) is 0 Å². The van der Waals surface area contributed by atoms with Gasteiger partial charge >= 0.3 is 0 Å². The van der Waals surface area contributed by atoms with Crippen LogP contribution in [0, 0.1) is 6.92 Å². The molecular formula is C15H20N2O2. The summed E-state index contributed by atoms with van der Waals surface area (Å²) in [6.07, 6.45) is 1.15. The largest absolute Gasteiger partial charge is 0.469 e. The maximum Gasteiger partial charge on any atom is 0.105 e. The molecule has 0 saturated carbocycles. The van der Waals surface area contributed by atoms with Crippen molar-refractivity contribution in [3.05, 3.63) is 53.5 Å². The lowest BCUT2D eigenvalue weighted by Crippen LogP contribution is -2.24. The third-order valence-corrected chi connectivity index (χ3v) is 3.19. The van der Waals surface area contributed by atoms with Crippen molar-refractivity contribution < 1.29 is 9.52 Å². The summed E-state index contributed by atoms with van der Waals surface area (Å²) in [5.74, 6) is 0.922. The zero-order valence-corrected chi connectivity index (χ0v) is 11.3. The van der Waals surface area contributed by atoms with Gasteiger partial charge in [0.1, 0.15) is 5.76 Å². The molecule has 0 bridgehead atoms. The number of rotatable bonds is 5. The van der Waals surface area contributed by atoms with Crippen LogP contribution in [0.4, 0.5) is 5.69 Å². The van der Waals surface area contributed by atoms with E-state index in [-0.39, 0.29) is 0 Å². The summed E-state index contributed by atoms with van der Waals surface area (Å²) in [6.45, 7) is 3.24. The van der Waals surface area contributed by atoms with Crippen molar-refractivity contribution in [3.8, 4) is 0 Å². The molecule has 1 atom stereocenters. The molecule has 2 rings (SSSR count). The number of anilines is 1. The van der Waals surface area contributed by atoms with Gasteiger partial charge in [-0.3, -0.25) is 4.90 Å². The molecule has 0 amide bonds. The van der Waals surface area contributed by atoms with E-state index < -0.39 is 6.10 Å². The minimum absolute atomic E-state index is 0.541. The van der Waals surface area contributed by atoms with Gasteiger partial charge in [-0.1, -0.05) is 12.1 Å². The molecule has 2 aromatic rings. The third kappa shape index (κ3) is 3.59. The molecule has 0 aliphatic carbocycles. The summed E-state index contributed by atoms with van der Waals surface area (Å²) in [5, 5.41) is 10.2. The van der Waals surface area contributed by atoms with E-state index in [1.807, 2.05) is 44.3 Å². The summed E-state index contributed by atoms with van der Waals surface area (Å²) in [5.41, 5.74) is 8.38. The van der Waals surface area contributed by atoms with Crippen LogP contribution < -0.4 is 5.73 Å². The average Bonchev–Trinajstić information content (AvgIpc) is 2.75. The van der Waals surface area contributed by atoms with Crippen LogP contribution in [0.3, 0.4) is 0 Å².